The maximum Gasteiger partial charge on any atom is 0.408 e. The van der Waals surface area contributed by atoms with Crippen molar-refractivity contribution >= 4 is 12.1 Å². The van der Waals surface area contributed by atoms with Crippen molar-refractivity contribution < 1.29 is 23.8 Å². The molecule has 21 heavy (non-hydrogen) atoms. The third kappa shape index (κ3) is 2.99. The zero-order valence-electron chi connectivity index (χ0n) is 12.2. The quantitative estimate of drug-likeness (QED) is 0.879. The summed E-state index contributed by atoms with van der Waals surface area (Å²) in [7, 11) is 0. The summed E-state index contributed by atoms with van der Waals surface area (Å²) in [5.41, 5.74) is -1.39. The molecule has 1 aromatic rings. The molecule has 0 bridgehead atoms. The molecule has 0 spiro atoms. The molecule has 114 valence electrons. The van der Waals surface area contributed by atoms with E-state index < -0.39 is 29.0 Å². The Hall–Kier alpha value is -2.11. The first kappa shape index (κ1) is 15.3. The number of aliphatic carboxylic acids is 1. The molecule has 1 aromatic carbocycles. The van der Waals surface area contributed by atoms with Gasteiger partial charge in [0.25, 0.3) is 0 Å². The van der Waals surface area contributed by atoms with Gasteiger partial charge in [0.1, 0.15) is 11.4 Å². The second-order valence-corrected chi connectivity index (χ2v) is 6.14. The number of carbonyl (C=O) groups excluding carboxylic acids is 1. The Balaban J connectivity index is 2.35. The van der Waals surface area contributed by atoms with Crippen LogP contribution in [-0.4, -0.2) is 22.8 Å². The summed E-state index contributed by atoms with van der Waals surface area (Å²) in [6.07, 6.45) is -0.208. The number of benzene rings is 1. The third-order valence-electron chi connectivity index (χ3n) is 3.38. The highest BCUT2D eigenvalue weighted by Crippen LogP contribution is 2.38. The second-order valence-electron chi connectivity index (χ2n) is 6.14. The molecule has 2 rings (SSSR count). The van der Waals surface area contributed by atoms with Crippen LogP contribution < -0.4 is 5.32 Å². The van der Waals surface area contributed by atoms with E-state index in [0.717, 1.165) is 11.6 Å². The molecule has 0 radical (unpaired) electrons. The molecule has 0 saturated carbocycles. The first-order valence-corrected chi connectivity index (χ1v) is 6.67. The van der Waals surface area contributed by atoms with Gasteiger partial charge in [-0.2, -0.15) is 0 Å². The van der Waals surface area contributed by atoms with Crippen molar-refractivity contribution in [3.8, 4) is 0 Å². The van der Waals surface area contributed by atoms with Crippen LogP contribution in [0.5, 0.6) is 0 Å². The molecule has 0 aromatic heterocycles. The predicted octanol–water partition coefficient (Wildman–Crippen LogP) is 2.58. The topological polar surface area (TPSA) is 75.6 Å². The van der Waals surface area contributed by atoms with Crippen LogP contribution in [0.25, 0.3) is 0 Å². The van der Waals surface area contributed by atoms with Crippen molar-refractivity contribution in [2.45, 2.75) is 44.8 Å². The average molecular weight is 295 g/mol. The summed E-state index contributed by atoms with van der Waals surface area (Å²) in [4.78, 5) is 23.6. The van der Waals surface area contributed by atoms with Crippen molar-refractivity contribution in [3.05, 3.63) is 35.1 Å². The van der Waals surface area contributed by atoms with Gasteiger partial charge in [0, 0.05) is 0 Å². The number of carbonyl (C=O) groups is 2. The summed E-state index contributed by atoms with van der Waals surface area (Å²) in [6.45, 7) is 5.05. The summed E-state index contributed by atoms with van der Waals surface area (Å²) in [5, 5.41) is 12.0. The molecule has 1 atom stereocenters. The Morgan fingerprint density at radius 3 is 2.62 bits per heavy atom. The lowest BCUT2D eigenvalue weighted by Crippen LogP contribution is -2.51. The fraction of sp³-hybridized carbons (Fsp3) is 0.467. The number of nitrogens with one attached hydrogen (secondary N) is 1. The molecule has 1 aliphatic carbocycles. The SMILES string of the molecule is CC(C)(C)OC(=O)NC1(C(=O)O)CCc2ccc(F)cc21. The van der Waals surface area contributed by atoms with E-state index in [4.69, 9.17) is 4.74 Å². The van der Waals surface area contributed by atoms with E-state index >= 15 is 0 Å². The normalized spacial score (nSPS) is 20.8. The van der Waals surface area contributed by atoms with E-state index in [1.165, 1.54) is 6.07 Å². The number of ether oxygens (including phenoxy) is 1. The van der Waals surface area contributed by atoms with Gasteiger partial charge in [-0.15, -0.1) is 0 Å². The van der Waals surface area contributed by atoms with Crippen LogP contribution in [0.4, 0.5) is 9.18 Å². The van der Waals surface area contributed by atoms with Gasteiger partial charge in [-0.05, 0) is 56.9 Å². The Morgan fingerprint density at radius 2 is 2.05 bits per heavy atom. The molecule has 0 heterocycles. The number of alkyl carbamates (subject to hydrolysis) is 1. The minimum atomic E-state index is -1.64. The first-order chi connectivity index (χ1) is 9.64. The van der Waals surface area contributed by atoms with Gasteiger partial charge in [-0.1, -0.05) is 6.07 Å². The van der Waals surface area contributed by atoms with Crippen LogP contribution in [0, 0.1) is 5.82 Å². The van der Waals surface area contributed by atoms with Gasteiger partial charge in [-0.3, -0.25) is 0 Å². The Morgan fingerprint density at radius 1 is 1.38 bits per heavy atom. The van der Waals surface area contributed by atoms with Crippen molar-refractivity contribution in [1.29, 1.82) is 0 Å². The average Bonchev–Trinajstić information content (AvgIpc) is 2.66. The van der Waals surface area contributed by atoms with Crippen molar-refractivity contribution in [2.75, 3.05) is 0 Å². The molecule has 1 amide bonds. The van der Waals surface area contributed by atoms with E-state index in [0.29, 0.717) is 6.42 Å². The molecule has 1 aliphatic rings. The molecule has 1 unspecified atom stereocenters. The van der Waals surface area contributed by atoms with E-state index in [1.54, 1.807) is 26.8 Å². The van der Waals surface area contributed by atoms with Gasteiger partial charge in [0.2, 0.25) is 0 Å². The molecule has 0 saturated heterocycles. The van der Waals surface area contributed by atoms with Gasteiger partial charge in [0.15, 0.2) is 5.54 Å². The van der Waals surface area contributed by atoms with E-state index in [-0.39, 0.29) is 12.0 Å². The van der Waals surface area contributed by atoms with Crippen molar-refractivity contribution in [2.24, 2.45) is 0 Å². The van der Waals surface area contributed by atoms with E-state index in [9.17, 15) is 19.1 Å². The molecule has 2 N–H and O–H groups in total. The molecular weight excluding hydrogens is 277 g/mol. The number of carboxylic acids is 1. The molecule has 0 aliphatic heterocycles. The van der Waals surface area contributed by atoms with Crippen LogP contribution in [0.1, 0.15) is 38.3 Å². The summed E-state index contributed by atoms with van der Waals surface area (Å²) in [5.74, 6) is -1.76. The lowest BCUT2D eigenvalue weighted by Gasteiger charge is -2.29. The Kier molecular flexibility index (Phi) is 3.65. The number of amides is 1. The second kappa shape index (κ2) is 5.02. The number of hydrogen-bond donors (Lipinski definition) is 2. The zero-order chi connectivity index (χ0) is 15.8. The number of aryl methyl sites for hydroxylation is 1. The highest BCUT2D eigenvalue weighted by molar-refractivity contribution is 5.87. The van der Waals surface area contributed by atoms with Crippen LogP contribution in [0.15, 0.2) is 18.2 Å². The minimum Gasteiger partial charge on any atom is -0.479 e. The van der Waals surface area contributed by atoms with Crippen LogP contribution in [-0.2, 0) is 21.5 Å². The van der Waals surface area contributed by atoms with Crippen LogP contribution in [0.2, 0.25) is 0 Å². The highest BCUT2D eigenvalue weighted by atomic mass is 19.1. The van der Waals surface area contributed by atoms with Crippen LogP contribution in [0.3, 0.4) is 0 Å². The fourth-order valence-corrected chi connectivity index (χ4v) is 2.50. The molecule has 0 fully saturated rings. The summed E-state index contributed by atoms with van der Waals surface area (Å²) >= 11 is 0. The number of carboxylic acid groups (broad SMARTS) is 1. The predicted molar refractivity (Wildman–Crippen MR) is 73.4 cm³/mol. The molecule has 6 heteroatoms. The standard InChI is InChI=1S/C15H18FNO4/c1-14(2,3)21-13(20)17-15(12(18)19)7-6-9-4-5-10(16)8-11(9)15/h4-5,8H,6-7H2,1-3H3,(H,17,20)(H,18,19). The Labute approximate surface area is 122 Å². The van der Waals surface area contributed by atoms with Gasteiger partial charge < -0.3 is 15.2 Å². The molecule has 5 nitrogen and oxygen atoms in total. The van der Waals surface area contributed by atoms with Crippen molar-refractivity contribution in [1.82, 2.24) is 5.32 Å². The summed E-state index contributed by atoms with van der Waals surface area (Å²) in [6, 6.07) is 3.99. The lowest BCUT2D eigenvalue weighted by molar-refractivity contribution is -0.145. The monoisotopic (exact) mass is 295 g/mol. The number of hydrogen-bond acceptors (Lipinski definition) is 3. The maximum absolute atomic E-state index is 13.4. The number of fused-ring (bicyclic) bond motifs is 1. The van der Waals surface area contributed by atoms with E-state index in [1.807, 2.05) is 0 Å². The zero-order valence-corrected chi connectivity index (χ0v) is 12.2. The number of halogens is 1. The van der Waals surface area contributed by atoms with Crippen LogP contribution >= 0.6 is 0 Å². The molecular formula is C15H18FNO4. The Bertz CT molecular complexity index is 594. The largest absolute Gasteiger partial charge is 0.479 e. The van der Waals surface area contributed by atoms with Gasteiger partial charge >= 0.3 is 12.1 Å². The van der Waals surface area contributed by atoms with Gasteiger partial charge in [-0.25, -0.2) is 14.0 Å². The highest BCUT2D eigenvalue weighted by Gasteiger charge is 2.47. The van der Waals surface area contributed by atoms with Crippen molar-refractivity contribution in [3.63, 3.8) is 0 Å². The minimum absolute atomic E-state index is 0.167. The third-order valence-corrected chi connectivity index (χ3v) is 3.38. The lowest BCUT2D eigenvalue weighted by atomic mass is 9.92. The maximum atomic E-state index is 13.4. The number of rotatable bonds is 2. The smallest absolute Gasteiger partial charge is 0.408 e. The van der Waals surface area contributed by atoms with Gasteiger partial charge in [0.05, 0.1) is 0 Å². The van der Waals surface area contributed by atoms with E-state index in [2.05, 4.69) is 5.32 Å². The summed E-state index contributed by atoms with van der Waals surface area (Å²) < 4.78 is 18.6. The fourth-order valence-electron chi connectivity index (χ4n) is 2.50. The first-order valence-electron chi connectivity index (χ1n) is 6.67.